The average molecular weight is 218 g/mol. The summed E-state index contributed by atoms with van der Waals surface area (Å²) in [6.07, 6.45) is 0.816. The van der Waals surface area contributed by atoms with Crippen molar-refractivity contribution in [1.82, 2.24) is 0 Å². The Morgan fingerprint density at radius 1 is 1.27 bits per heavy atom. The summed E-state index contributed by atoms with van der Waals surface area (Å²) in [4.78, 5) is 11.6. The van der Waals surface area contributed by atoms with Crippen molar-refractivity contribution < 1.29 is 14.0 Å². The molecule has 0 saturated carbocycles. The third-order valence-corrected chi connectivity index (χ3v) is 2.43. The van der Waals surface area contributed by atoms with Gasteiger partial charge >= 0.3 is 5.97 Å². The van der Waals surface area contributed by atoms with Crippen LogP contribution in [-0.2, 0) is 9.53 Å². The summed E-state index contributed by atoms with van der Waals surface area (Å²) in [5, 5.41) is 0. The van der Waals surface area contributed by atoms with Crippen molar-refractivity contribution in [2.75, 3.05) is 34.3 Å². The molecule has 3 nitrogen and oxygen atoms in total. The van der Waals surface area contributed by atoms with E-state index in [2.05, 4.69) is 21.1 Å². The summed E-state index contributed by atoms with van der Waals surface area (Å²) in [7, 11) is 6.25. The molecule has 0 amide bonds. The van der Waals surface area contributed by atoms with Crippen molar-refractivity contribution in [3.05, 3.63) is 0 Å². The minimum absolute atomic E-state index is 0. The maximum absolute atomic E-state index is 11.6. The lowest BCUT2D eigenvalue weighted by Crippen LogP contribution is -2.39. The monoisotopic (exact) mass is 218 g/mol. The Kier molecular flexibility index (Phi) is 6.86. The van der Waals surface area contributed by atoms with E-state index >= 15 is 0 Å². The van der Waals surface area contributed by atoms with E-state index in [1.165, 1.54) is 0 Å². The van der Waals surface area contributed by atoms with Crippen molar-refractivity contribution in [3.8, 4) is 0 Å². The number of likely N-dealkylation sites (N-methyl/N-ethyl adjacent to an activating group) is 1. The molecule has 0 aliphatic carbocycles. The molecule has 0 aromatic rings. The first-order valence-corrected chi connectivity index (χ1v) is 5.17. The molecule has 0 bridgehead atoms. The van der Waals surface area contributed by atoms with Crippen LogP contribution in [-0.4, -0.2) is 44.7 Å². The van der Waals surface area contributed by atoms with Gasteiger partial charge in [0, 0.05) is 0 Å². The minimum Gasteiger partial charge on any atom is -0.459 e. The second-order valence-corrected chi connectivity index (χ2v) is 5.39. The SMILES string of the molecule is C.CCC(C)(C)C(=O)OCC[N+](C)(C)C. The molecule has 0 aliphatic heterocycles. The Balaban J connectivity index is 0. The van der Waals surface area contributed by atoms with Crippen LogP contribution in [0.15, 0.2) is 0 Å². The molecule has 0 spiro atoms. The molecule has 0 atom stereocenters. The van der Waals surface area contributed by atoms with E-state index in [0.29, 0.717) is 6.61 Å². The molecule has 0 fully saturated rings. The number of ether oxygens (including phenoxy) is 1. The van der Waals surface area contributed by atoms with Crippen LogP contribution in [0.1, 0.15) is 34.6 Å². The summed E-state index contributed by atoms with van der Waals surface area (Å²) in [5.41, 5.74) is -0.342. The minimum atomic E-state index is -0.342. The van der Waals surface area contributed by atoms with E-state index in [1.807, 2.05) is 20.8 Å². The van der Waals surface area contributed by atoms with Gasteiger partial charge in [-0.1, -0.05) is 14.4 Å². The van der Waals surface area contributed by atoms with Crippen molar-refractivity contribution in [2.45, 2.75) is 34.6 Å². The van der Waals surface area contributed by atoms with Gasteiger partial charge in [0.15, 0.2) is 0 Å². The van der Waals surface area contributed by atoms with Crippen LogP contribution in [0, 0.1) is 5.41 Å². The van der Waals surface area contributed by atoms with Crippen molar-refractivity contribution >= 4 is 5.97 Å². The zero-order valence-electron chi connectivity index (χ0n) is 10.4. The Hall–Kier alpha value is -0.570. The van der Waals surface area contributed by atoms with Gasteiger partial charge in [0.2, 0.25) is 0 Å². The van der Waals surface area contributed by atoms with Crippen LogP contribution >= 0.6 is 0 Å². The number of hydrogen-bond acceptors (Lipinski definition) is 2. The molecule has 0 rings (SSSR count). The zero-order valence-corrected chi connectivity index (χ0v) is 10.4. The Labute approximate surface area is 95.0 Å². The fourth-order valence-corrected chi connectivity index (χ4v) is 0.752. The molecule has 0 saturated heterocycles. The smallest absolute Gasteiger partial charge is 0.311 e. The molecule has 0 aliphatic rings. The first-order valence-electron chi connectivity index (χ1n) is 5.17. The van der Waals surface area contributed by atoms with E-state index in [4.69, 9.17) is 4.74 Å². The molecule has 0 unspecified atom stereocenters. The second-order valence-electron chi connectivity index (χ2n) is 5.39. The average Bonchev–Trinajstić information content (AvgIpc) is 2.02. The molecule has 0 N–H and O–H groups in total. The molecule has 0 heterocycles. The highest BCUT2D eigenvalue weighted by molar-refractivity contribution is 5.75. The van der Waals surface area contributed by atoms with Crippen molar-refractivity contribution in [3.63, 3.8) is 0 Å². The van der Waals surface area contributed by atoms with E-state index < -0.39 is 0 Å². The standard InChI is InChI=1S/C11H24NO2.CH4/c1-7-11(2,3)10(13)14-9-8-12(4,5)6;/h7-9H2,1-6H3;1H4/q+1;. The molecule has 0 radical (unpaired) electrons. The fraction of sp³-hybridized carbons (Fsp3) is 0.917. The molecule has 92 valence electrons. The van der Waals surface area contributed by atoms with Crippen molar-refractivity contribution in [2.24, 2.45) is 5.41 Å². The van der Waals surface area contributed by atoms with Gasteiger partial charge in [-0.2, -0.15) is 0 Å². The normalized spacial score (nSPS) is 11.9. The molecular weight excluding hydrogens is 190 g/mol. The number of esters is 1. The Morgan fingerprint density at radius 2 is 1.73 bits per heavy atom. The predicted molar refractivity (Wildman–Crippen MR) is 64.7 cm³/mol. The Morgan fingerprint density at radius 3 is 2.07 bits per heavy atom. The summed E-state index contributed by atoms with van der Waals surface area (Å²) < 4.78 is 6.04. The van der Waals surface area contributed by atoms with Gasteiger partial charge in [0.1, 0.15) is 13.2 Å². The van der Waals surface area contributed by atoms with Crippen LogP contribution in [0.5, 0.6) is 0 Å². The first kappa shape index (κ1) is 16.8. The summed E-state index contributed by atoms with van der Waals surface area (Å²) in [5.74, 6) is -0.0894. The lowest BCUT2D eigenvalue weighted by atomic mass is 9.91. The summed E-state index contributed by atoms with van der Waals surface area (Å²) in [6, 6.07) is 0. The maximum Gasteiger partial charge on any atom is 0.311 e. The quantitative estimate of drug-likeness (QED) is 0.523. The van der Waals surface area contributed by atoms with Gasteiger partial charge in [-0.3, -0.25) is 4.79 Å². The van der Waals surface area contributed by atoms with E-state index in [1.54, 1.807) is 0 Å². The van der Waals surface area contributed by atoms with Crippen LogP contribution in [0.2, 0.25) is 0 Å². The van der Waals surface area contributed by atoms with Crippen LogP contribution in [0.25, 0.3) is 0 Å². The van der Waals surface area contributed by atoms with Crippen LogP contribution in [0.4, 0.5) is 0 Å². The lowest BCUT2D eigenvalue weighted by Gasteiger charge is -2.25. The van der Waals surface area contributed by atoms with Crippen LogP contribution < -0.4 is 0 Å². The molecule has 3 heteroatoms. The highest BCUT2D eigenvalue weighted by Crippen LogP contribution is 2.21. The maximum atomic E-state index is 11.6. The van der Waals surface area contributed by atoms with E-state index in [-0.39, 0.29) is 18.8 Å². The number of rotatable bonds is 5. The van der Waals surface area contributed by atoms with E-state index in [9.17, 15) is 4.79 Å². The summed E-state index contributed by atoms with van der Waals surface area (Å²) >= 11 is 0. The van der Waals surface area contributed by atoms with Gasteiger partial charge in [0.25, 0.3) is 0 Å². The molecule has 15 heavy (non-hydrogen) atoms. The summed E-state index contributed by atoms with van der Waals surface area (Å²) in [6.45, 7) is 7.20. The Bertz CT molecular complexity index is 192. The largest absolute Gasteiger partial charge is 0.459 e. The predicted octanol–water partition coefficient (Wildman–Crippen LogP) is 2.31. The number of hydrogen-bond donors (Lipinski definition) is 0. The van der Waals surface area contributed by atoms with E-state index in [0.717, 1.165) is 17.4 Å². The highest BCUT2D eigenvalue weighted by Gasteiger charge is 2.27. The highest BCUT2D eigenvalue weighted by atomic mass is 16.5. The van der Waals surface area contributed by atoms with Gasteiger partial charge in [-0.15, -0.1) is 0 Å². The lowest BCUT2D eigenvalue weighted by molar-refractivity contribution is -0.870. The number of carbonyl (C=O) groups excluding carboxylic acids is 1. The number of quaternary nitrogens is 1. The number of carbonyl (C=O) groups is 1. The topological polar surface area (TPSA) is 26.3 Å². The molecule has 0 aromatic heterocycles. The second kappa shape index (κ2) is 6.11. The zero-order chi connectivity index (χ0) is 11.4. The fourth-order valence-electron chi connectivity index (χ4n) is 0.752. The number of nitrogens with zero attached hydrogens (tertiary/aromatic N) is 1. The first-order chi connectivity index (χ1) is 6.19. The van der Waals surface area contributed by atoms with Gasteiger partial charge in [-0.05, 0) is 20.3 Å². The van der Waals surface area contributed by atoms with Gasteiger partial charge < -0.3 is 9.22 Å². The molecule has 0 aromatic carbocycles. The third-order valence-electron chi connectivity index (χ3n) is 2.43. The van der Waals surface area contributed by atoms with Crippen molar-refractivity contribution in [1.29, 1.82) is 0 Å². The van der Waals surface area contributed by atoms with Crippen LogP contribution in [0.3, 0.4) is 0 Å². The molecular formula is C12H28NO2+. The van der Waals surface area contributed by atoms with Gasteiger partial charge in [-0.25, -0.2) is 0 Å². The van der Waals surface area contributed by atoms with Gasteiger partial charge in [0.05, 0.1) is 26.6 Å². The third kappa shape index (κ3) is 7.37.